The van der Waals surface area contributed by atoms with Crippen LogP contribution in [0.1, 0.15) is 15.9 Å². The molecule has 0 heterocycles. The van der Waals surface area contributed by atoms with Crippen LogP contribution < -0.4 is 5.14 Å². The lowest BCUT2D eigenvalue weighted by Gasteiger charge is -2.02. The number of primary sulfonamides is 1. The molecule has 0 saturated carbocycles. The van der Waals surface area contributed by atoms with Gasteiger partial charge in [-0.05, 0) is 18.6 Å². The molecule has 0 saturated heterocycles. The monoisotopic (exact) mass is 244 g/mol. The van der Waals surface area contributed by atoms with Gasteiger partial charge in [-0.15, -0.1) is 0 Å². The van der Waals surface area contributed by atoms with Gasteiger partial charge < -0.3 is 0 Å². The van der Waals surface area contributed by atoms with Crippen molar-refractivity contribution in [1.82, 2.24) is 0 Å². The van der Waals surface area contributed by atoms with Gasteiger partial charge in [-0.1, -0.05) is 0 Å². The summed E-state index contributed by atoms with van der Waals surface area (Å²) in [6, 6.07) is 3.23. The van der Waals surface area contributed by atoms with E-state index < -0.39 is 20.1 Å². The van der Waals surface area contributed by atoms with Crippen molar-refractivity contribution in [3.8, 4) is 0 Å². The predicted molar refractivity (Wildman–Crippen MR) is 55.3 cm³/mol. The number of aryl methyl sites for hydroxylation is 1. The number of hydrogen-bond donors (Lipinski definition) is 1. The van der Waals surface area contributed by atoms with E-state index in [-0.39, 0.29) is 16.8 Å². The quantitative estimate of drug-likeness (QED) is 0.593. The molecule has 86 valence electrons. The van der Waals surface area contributed by atoms with E-state index in [1.807, 2.05) is 0 Å². The van der Waals surface area contributed by atoms with E-state index in [1.165, 1.54) is 6.92 Å². The van der Waals surface area contributed by atoms with Gasteiger partial charge >= 0.3 is 0 Å². The van der Waals surface area contributed by atoms with Gasteiger partial charge in [0.05, 0.1) is 4.92 Å². The van der Waals surface area contributed by atoms with Gasteiger partial charge in [-0.2, -0.15) is 0 Å². The number of nitro benzene ring substituents is 1. The summed E-state index contributed by atoms with van der Waals surface area (Å²) in [5, 5.41) is 13.8. The Labute approximate surface area is 91.1 Å². The van der Waals surface area contributed by atoms with Crippen LogP contribution in [0.3, 0.4) is 0 Å². The summed E-state index contributed by atoms with van der Waals surface area (Å²) in [7, 11) is -4.32. The van der Waals surface area contributed by atoms with Crippen LogP contribution >= 0.6 is 0 Å². The molecular weight excluding hydrogens is 236 g/mol. The Bertz CT molecular complexity index is 564. The molecule has 0 radical (unpaired) electrons. The number of rotatable bonds is 2. The standard InChI is InChI=1S/C8H8N2O5S/c1-5-4-6(10(12)13)2-3-7(5)8(11)16(9,14)15/h2-4H,1H3,(H2,9,14,15). The number of nitrogens with two attached hydrogens (primary N) is 1. The molecule has 0 aliphatic carbocycles. The van der Waals surface area contributed by atoms with E-state index in [1.54, 1.807) is 0 Å². The van der Waals surface area contributed by atoms with Crippen LogP contribution in [0.15, 0.2) is 18.2 Å². The van der Waals surface area contributed by atoms with Crippen molar-refractivity contribution in [1.29, 1.82) is 0 Å². The molecule has 0 amide bonds. The van der Waals surface area contributed by atoms with E-state index in [0.717, 1.165) is 18.2 Å². The minimum atomic E-state index is -4.32. The zero-order valence-electron chi connectivity index (χ0n) is 8.21. The van der Waals surface area contributed by atoms with Gasteiger partial charge in [0, 0.05) is 17.7 Å². The second-order valence-electron chi connectivity index (χ2n) is 3.09. The highest BCUT2D eigenvalue weighted by molar-refractivity contribution is 8.04. The second kappa shape index (κ2) is 3.99. The summed E-state index contributed by atoms with van der Waals surface area (Å²) in [5.41, 5.74) is -0.190. The van der Waals surface area contributed by atoms with Gasteiger partial charge in [0.2, 0.25) is 0 Å². The molecule has 0 fully saturated rings. The molecule has 0 atom stereocenters. The zero-order chi connectivity index (χ0) is 12.5. The Morgan fingerprint density at radius 3 is 2.38 bits per heavy atom. The molecule has 1 aromatic rings. The first kappa shape index (κ1) is 12.3. The first-order chi connectivity index (χ1) is 7.23. The Kier molecular flexibility index (Phi) is 3.06. The molecular formula is C8H8N2O5S. The maximum absolute atomic E-state index is 11.3. The van der Waals surface area contributed by atoms with Crippen LogP contribution in [0.2, 0.25) is 0 Å². The Morgan fingerprint density at radius 2 is 2.00 bits per heavy atom. The summed E-state index contributed by atoms with van der Waals surface area (Å²) in [4.78, 5) is 21.1. The summed E-state index contributed by atoms with van der Waals surface area (Å²) in [6.07, 6.45) is 0. The van der Waals surface area contributed by atoms with Crippen LogP contribution in [-0.2, 0) is 10.0 Å². The molecule has 0 aliphatic rings. The van der Waals surface area contributed by atoms with Crippen LogP contribution in [0.4, 0.5) is 5.69 Å². The van der Waals surface area contributed by atoms with Crippen LogP contribution in [0.5, 0.6) is 0 Å². The molecule has 0 unspecified atom stereocenters. The van der Waals surface area contributed by atoms with E-state index in [0.29, 0.717) is 0 Å². The Balaban J connectivity index is 3.30. The number of non-ortho nitro benzene ring substituents is 1. The van der Waals surface area contributed by atoms with Gasteiger partial charge in [0.15, 0.2) is 0 Å². The third kappa shape index (κ3) is 2.41. The van der Waals surface area contributed by atoms with E-state index in [4.69, 9.17) is 0 Å². The van der Waals surface area contributed by atoms with Crippen LogP contribution in [-0.4, -0.2) is 18.5 Å². The lowest BCUT2D eigenvalue weighted by Crippen LogP contribution is -2.24. The first-order valence-electron chi connectivity index (χ1n) is 4.05. The van der Waals surface area contributed by atoms with Crippen molar-refractivity contribution in [2.24, 2.45) is 5.14 Å². The molecule has 1 rings (SSSR count). The van der Waals surface area contributed by atoms with Crippen LogP contribution in [0.25, 0.3) is 0 Å². The Morgan fingerprint density at radius 1 is 1.44 bits per heavy atom. The average Bonchev–Trinajstić information content (AvgIpc) is 2.15. The molecule has 16 heavy (non-hydrogen) atoms. The Hall–Kier alpha value is -1.80. The van der Waals surface area contributed by atoms with Crippen molar-refractivity contribution in [3.05, 3.63) is 39.4 Å². The van der Waals surface area contributed by atoms with Gasteiger partial charge in [0.1, 0.15) is 0 Å². The smallest absolute Gasteiger partial charge is 0.274 e. The fourth-order valence-corrected chi connectivity index (χ4v) is 1.68. The highest BCUT2D eigenvalue weighted by atomic mass is 32.2. The molecule has 8 heteroatoms. The molecule has 0 bridgehead atoms. The molecule has 0 aliphatic heterocycles. The van der Waals surface area contributed by atoms with Crippen LogP contribution in [0, 0.1) is 17.0 Å². The highest BCUT2D eigenvalue weighted by Gasteiger charge is 2.22. The SMILES string of the molecule is Cc1cc([N+](=O)[O-])ccc1C(=O)S(N)(=O)=O. The first-order valence-corrected chi connectivity index (χ1v) is 5.60. The molecule has 0 aromatic heterocycles. The summed E-state index contributed by atoms with van der Waals surface area (Å²) in [5.74, 6) is 0. The number of nitro groups is 1. The zero-order valence-corrected chi connectivity index (χ0v) is 9.02. The molecule has 7 nitrogen and oxygen atoms in total. The summed E-state index contributed by atoms with van der Waals surface area (Å²) in [6.45, 7) is 1.39. The number of hydrogen-bond acceptors (Lipinski definition) is 5. The fourth-order valence-electron chi connectivity index (χ4n) is 1.14. The van der Waals surface area contributed by atoms with Gasteiger partial charge in [-0.3, -0.25) is 14.9 Å². The van der Waals surface area contributed by atoms with E-state index in [2.05, 4.69) is 5.14 Å². The van der Waals surface area contributed by atoms with Crippen molar-refractivity contribution in [2.75, 3.05) is 0 Å². The number of nitrogens with zero attached hydrogens (tertiary/aromatic N) is 1. The van der Waals surface area contributed by atoms with E-state index >= 15 is 0 Å². The number of sulfonamides is 1. The summed E-state index contributed by atoms with van der Waals surface area (Å²) >= 11 is 0. The summed E-state index contributed by atoms with van der Waals surface area (Å²) < 4.78 is 21.6. The number of benzene rings is 1. The minimum absolute atomic E-state index is 0.159. The third-order valence-corrected chi connectivity index (χ3v) is 2.64. The largest absolute Gasteiger partial charge is 0.291 e. The van der Waals surface area contributed by atoms with Crippen molar-refractivity contribution in [3.63, 3.8) is 0 Å². The minimum Gasteiger partial charge on any atom is -0.274 e. The predicted octanol–water partition coefficient (Wildman–Crippen LogP) is 0.332. The third-order valence-electron chi connectivity index (χ3n) is 1.90. The molecule has 2 N–H and O–H groups in total. The number of carbonyl (C=O) groups excluding carboxylic acids is 1. The molecule has 1 aromatic carbocycles. The lowest BCUT2D eigenvalue weighted by molar-refractivity contribution is -0.384. The maximum Gasteiger partial charge on any atom is 0.291 e. The topological polar surface area (TPSA) is 120 Å². The lowest BCUT2D eigenvalue weighted by atomic mass is 10.1. The normalized spacial score (nSPS) is 11.1. The second-order valence-corrected chi connectivity index (χ2v) is 4.55. The average molecular weight is 244 g/mol. The number of carbonyl (C=O) groups is 1. The van der Waals surface area contributed by atoms with Gasteiger partial charge in [0.25, 0.3) is 20.8 Å². The van der Waals surface area contributed by atoms with Crippen molar-refractivity contribution < 1.29 is 18.1 Å². The van der Waals surface area contributed by atoms with Crippen molar-refractivity contribution >= 4 is 20.8 Å². The maximum atomic E-state index is 11.3. The van der Waals surface area contributed by atoms with E-state index in [9.17, 15) is 23.3 Å². The fraction of sp³-hybridized carbons (Fsp3) is 0.125. The van der Waals surface area contributed by atoms with Crippen molar-refractivity contribution in [2.45, 2.75) is 6.92 Å². The van der Waals surface area contributed by atoms with Gasteiger partial charge in [-0.25, -0.2) is 13.6 Å². The highest BCUT2D eigenvalue weighted by Crippen LogP contribution is 2.18. The molecule has 0 spiro atoms.